The lowest BCUT2D eigenvalue weighted by Crippen LogP contribution is -2.24. The van der Waals surface area contributed by atoms with Crippen molar-refractivity contribution in [2.24, 2.45) is 7.05 Å². The summed E-state index contributed by atoms with van der Waals surface area (Å²) in [6, 6.07) is 14.0. The molecule has 3 heterocycles. The first-order valence-electron chi connectivity index (χ1n) is 9.68. The lowest BCUT2D eigenvalue weighted by Gasteiger charge is -2.17. The average molecular weight is 383 g/mol. The Morgan fingerprint density at radius 2 is 1.97 bits per heavy atom. The molecule has 0 bridgehead atoms. The number of fused-ring (bicyclic) bond motifs is 2. The van der Waals surface area contributed by atoms with Crippen LogP contribution in [0.15, 0.2) is 61.1 Å². The van der Waals surface area contributed by atoms with Crippen LogP contribution in [0.4, 0.5) is 5.82 Å². The molecule has 1 aliphatic heterocycles. The fourth-order valence-electron chi connectivity index (χ4n) is 3.77. The molecule has 2 aromatic carbocycles. The summed E-state index contributed by atoms with van der Waals surface area (Å²) in [5.41, 5.74) is 5.29. The third kappa shape index (κ3) is 3.50. The number of nitrogens with one attached hydrogen (secondary N) is 2. The van der Waals surface area contributed by atoms with Gasteiger partial charge in [-0.05, 0) is 59.3 Å². The van der Waals surface area contributed by atoms with Gasteiger partial charge >= 0.3 is 0 Å². The van der Waals surface area contributed by atoms with E-state index in [1.165, 1.54) is 11.1 Å². The van der Waals surface area contributed by atoms with Gasteiger partial charge in [-0.2, -0.15) is 5.10 Å². The normalized spacial score (nSPS) is 13.3. The zero-order valence-corrected chi connectivity index (χ0v) is 16.1. The highest BCUT2D eigenvalue weighted by atomic mass is 16.1. The van der Waals surface area contributed by atoms with Gasteiger partial charge in [-0.25, -0.2) is 4.98 Å². The maximum atomic E-state index is 12.7. The first-order chi connectivity index (χ1) is 14.2. The Morgan fingerprint density at radius 1 is 1.03 bits per heavy atom. The number of benzene rings is 2. The van der Waals surface area contributed by atoms with Crippen LogP contribution in [0.5, 0.6) is 0 Å². The number of aromatic nitrogens is 3. The number of carbonyl (C=O) groups is 1. The Bertz CT molecular complexity index is 1230. The van der Waals surface area contributed by atoms with Gasteiger partial charge < -0.3 is 10.6 Å². The van der Waals surface area contributed by atoms with Crippen molar-refractivity contribution >= 4 is 22.5 Å². The zero-order valence-electron chi connectivity index (χ0n) is 16.1. The minimum absolute atomic E-state index is 0.145. The smallest absolute Gasteiger partial charge is 0.256 e. The summed E-state index contributed by atoms with van der Waals surface area (Å²) in [4.78, 5) is 17.2. The van der Waals surface area contributed by atoms with E-state index in [-0.39, 0.29) is 5.91 Å². The maximum absolute atomic E-state index is 12.7. The topological polar surface area (TPSA) is 71.8 Å². The second-order valence-corrected chi connectivity index (χ2v) is 7.40. The van der Waals surface area contributed by atoms with Crippen LogP contribution in [0.25, 0.3) is 21.9 Å². The molecule has 29 heavy (non-hydrogen) atoms. The van der Waals surface area contributed by atoms with Crippen molar-refractivity contribution in [3.8, 4) is 11.1 Å². The molecule has 0 atom stereocenters. The number of anilines is 1. The molecule has 6 heteroatoms. The zero-order chi connectivity index (χ0) is 19.8. The number of aryl methyl sites for hydroxylation is 1. The van der Waals surface area contributed by atoms with Gasteiger partial charge in [-0.1, -0.05) is 18.2 Å². The van der Waals surface area contributed by atoms with E-state index in [1.54, 1.807) is 10.9 Å². The lowest BCUT2D eigenvalue weighted by molar-refractivity contribution is 0.102. The monoisotopic (exact) mass is 383 g/mol. The lowest BCUT2D eigenvalue weighted by atomic mass is 9.98. The van der Waals surface area contributed by atoms with Gasteiger partial charge in [-0.15, -0.1) is 0 Å². The van der Waals surface area contributed by atoms with E-state index < -0.39 is 0 Å². The third-order valence-electron chi connectivity index (χ3n) is 5.36. The highest BCUT2D eigenvalue weighted by molar-refractivity contribution is 6.04. The number of hydrogen-bond donors (Lipinski definition) is 2. The van der Waals surface area contributed by atoms with Crippen LogP contribution in [0, 0.1) is 0 Å². The molecule has 144 valence electrons. The van der Waals surface area contributed by atoms with Gasteiger partial charge in [0, 0.05) is 42.5 Å². The average Bonchev–Trinajstić information content (AvgIpc) is 3.19. The summed E-state index contributed by atoms with van der Waals surface area (Å²) in [5.74, 6) is 0.398. The van der Waals surface area contributed by atoms with Crippen LogP contribution < -0.4 is 10.6 Å². The van der Waals surface area contributed by atoms with Gasteiger partial charge in [0.2, 0.25) is 0 Å². The van der Waals surface area contributed by atoms with Crippen molar-refractivity contribution in [3.63, 3.8) is 0 Å². The van der Waals surface area contributed by atoms with Crippen molar-refractivity contribution in [2.75, 3.05) is 11.9 Å². The van der Waals surface area contributed by atoms with Crippen molar-refractivity contribution in [2.45, 2.75) is 13.0 Å². The molecule has 0 saturated carbocycles. The first kappa shape index (κ1) is 17.6. The molecule has 5 rings (SSSR count). The van der Waals surface area contributed by atoms with E-state index in [0.717, 1.165) is 41.4 Å². The molecule has 0 radical (unpaired) electrons. The van der Waals surface area contributed by atoms with Gasteiger partial charge in [0.05, 0.1) is 6.20 Å². The van der Waals surface area contributed by atoms with E-state index >= 15 is 0 Å². The predicted molar refractivity (Wildman–Crippen MR) is 114 cm³/mol. The minimum Gasteiger partial charge on any atom is -0.312 e. The highest BCUT2D eigenvalue weighted by Crippen LogP contribution is 2.25. The molecule has 0 unspecified atom stereocenters. The van der Waals surface area contributed by atoms with E-state index in [1.807, 2.05) is 43.7 Å². The number of pyridine rings is 1. The Hall–Kier alpha value is -3.51. The van der Waals surface area contributed by atoms with Crippen molar-refractivity contribution in [1.29, 1.82) is 0 Å². The molecular weight excluding hydrogens is 362 g/mol. The number of amides is 1. The number of nitrogens with zero attached hydrogens (tertiary/aromatic N) is 3. The number of rotatable bonds is 3. The van der Waals surface area contributed by atoms with Crippen LogP contribution in [-0.2, 0) is 20.0 Å². The molecule has 1 amide bonds. The maximum Gasteiger partial charge on any atom is 0.256 e. The van der Waals surface area contributed by atoms with E-state index in [2.05, 4.69) is 38.9 Å². The fourth-order valence-corrected chi connectivity index (χ4v) is 3.77. The van der Waals surface area contributed by atoms with Gasteiger partial charge in [0.15, 0.2) is 0 Å². The predicted octanol–water partition coefficient (Wildman–Crippen LogP) is 3.53. The van der Waals surface area contributed by atoms with Crippen LogP contribution in [0.2, 0.25) is 0 Å². The van der Waals surface area contributed by atoms with Crippen molar-refractivity contribution in [3.05, 3.63) is 77.7 Å². The Kier molecular flexibility index (Phi) is 4.33. The molecule has 0 spiro atoms. The van der Waals surface area contributed by atoms with Crippen LogP contribution >= 0.6 is 0 Å². The SMILES string of the molecule is Cn1cc(-c2ccc3cnc(NC(=O)c4ccc5c(c4)CNCC5)cc3c2)cn1. The number of carbonyl (C=O) groups excluding carboxylic acids is 1. The van der Waals surface area contributed by atoms with E-state index in [0.29, 0.717) is 11.4 Å². The number of hydrogen-bond acceptors (Lipinski definition) is 4. The largest absolute Gasteiger partial charge is 0.312 e. The van der Waals surface area contributed by atoms with Crippen LogP contribution in [0.1, 0.15) is 21.5 Å². The van der Waals surface area contributed by atoms with Crippen molar-refractivity contribution < 1.29 is 4.79 Å². The summed E-state index contributed by atoms with van der Waals surface area (Å²) in [5, 5.41) is 12.6. The summed E-state index contributed by atoms with van der Waals surface area (Å²) in [7, 11) is 1.90. The molecule has 2 N–H and O–H groups in total. The van der Waals surface area contributed by atoms with Gasteiger partial charge in [-0.3, -0.25) is 9.48 Å². The Balaban J connectivity index is 1.42. The van der Waals surface area contributed by atoms with Gasteiger partial charge in [0.25, 0.3) is 5.91 Å². The summed E-state index contributed by atoms with van der Waals surface area (Å²) in [6.07, 6.45) is 6.61. The van der Waals surface area contributed by atoms with E-state index in [4.69, 9.17) is 0 Å². The molecule has 0 fully saturated rings. The second kappa shape index (κ2) is 7.14. The molecule has 4 aromatic rings. The van der Waals surface area contributed by atoms with Crippen molar-refractivity contribution in [1.82, 2.24) is 20.1 Å². The first-order valence-corrected chi connectivity index (χ1v) is 9.68. The Morgan fingerprint density at radius 3 is 2.83 bits per heavy atom. The minimum atomic E-state index is -0.145. The molecular formula is C23H21N5O. The van der Waals surface area contributed by atoms with Crippen LogP contribution in [0.3, 0.4) is 0 Å². The molecule has 6 nitrogen and oxygen atoms in total. The molecule has 1 aliphatic rings. The fraction of sp³-hybridized carbons (Fsp3) is 0.174. The summed E-state index contributed by atoms with van der Waals surface area (Å²) < 4.78 is 1.78. The van der Waals surface area contributed by atoms with Gasteiger partial charge in [0.1, 0.15) is 5.82 Å². The third-order valence-corrected chi connectivity index (χ3v) is 5.36. The summed E-state index contributed by atoms with van der Waals surface area (Å²) >= 11 is 0. The summed E-state index contributed by atoms with van der Waals surface area (Å²) in [6.45, 7) is 1.79. The Labute approximate surface area is 168 Å². The quantitative estimate of drug-likeness (QED) is 0.568. The standard InChI is InChI=1S/C23H21N5O/c1-28-14-21(13-26-28)16-3-5-18-12-25-22(10-19(18)8-16)27-23(29)17-4-2-15-6-7-24-11-20(15)9-17/h2-5,8-10,12-14,24H,6-7,11H2,1H3,(H,25,27,29). The molecule has 0 aliphatic carbocycles. The second-order valence-electron chi connectivity index (χ2n) is 7.40. The van der Waals surface area contributed by atoms with E-state index in [9.17, 15) is 4.79 Å². The van der Waals surface area contributed by atoms with Crippen LogP contribution in [-0.4, -0.2) is 27.2 Å². The molecule has 0 saturated heterocycles. The highest BCUT2D eigenvalue weighted by Gasteiger charge is 2.13. The molecule has 2 aromatic heterocycles.